The minimum atomic E-state index is 0.160. The maximum Gasteiger partial charge on any atom is 0.0439 e. The van der Waals surface area contributed by atoms with Crippen molar-refractivity contribution in [1.29, 1.82) is 0 Å². The van der Waals surface area contributed by atoms with Gasteiger partial charge in [-0.2, -0.15) is 0 Å². The molecule has 0 radical (unpaired) electrons. The third kappa shape index (κ3) is 4.57. The zero-order chi connectivity index (χ0) is 8.20. The van der Waals surface area contributed by atoms with Gasteiger partial charge in [-0.05, 0) is 25.7 Å². The third-order valence-electron chi connectivity index (χ3n) is 1.44. The van der Waals surface area contributed by atoms with E-state index in [9.17, 15) is 0 Å². The first-order valence-corrected chi connectivity index (χ1v) is 3.75. The highest BCUT2D eigenvalue weighted by Crippen LogP contribution is 2.22. The fourth-order valence-corrected chi connectivity index (χ4v) is 1.14. The highest BCUT2D eigenvalue weighted by Gasteiger charge is 2.12. The smallest absolute Gasteiger partial charge is 0.0439 e. The summed E-state index contributed by atoms with van der Waals surface area (Å²) in [5.74, 6) is 0. The summed E-state index contributed by atoms with van der Waals surface area (Å²) >= 11 is 0. The Morgan fingerprint density at radius 3 is 2.20 bits per heavy atom. The monoisotopic (exact) mass is 142 g/mol. The second-order valence-electron chi connectivity index (χ2n) is 3.68. The summed E-state index contributed by atoms with van der Waals surface area (Å²) in [5.41, 5.74) is 1.48. The van der Waals surface area contributed by atoms with E-state index >= 15 is 0 Å². The lowest BCUT2D eigenvalue weighted by atomic mass is 9.88. The van der Waals surface area contributed by atoms with Crippen LogP contribution in [-0.2, 0) is 0 Å². The van der Waals surface area contributed by atoms with Crippen molar-refractivity contribution in [1.82, 2.24) is 0 Å². The van der Waals surface area contributed by atoms with Gasteiger partial charge < -0.3 is 5.11 Å². The second-order valence-corrected chi connectivity index (χ2v) is 3.68. The zero-order valence-electron chi connectivity index (χ0n) is 7.44. The molecule has 0 aromatic rings. The van der Waals surface area contributed by atoms with Gasteiger partial charge in [0.1, 0.15) is 0 Å². The van der Waals surface area contributed by atoms with Crippen LogP contribution >= 0.6 is 0 Å². The summed E-state index contributed by atoms with van der Waals surface area (Å²) in [4.78, 5) is 0. The lowest BCUT2D eigenvalue weighted by molar-refractivity contribution is 0.240. The van der Waals surface area contributed by atoms with Crippen LogP contribution in [0, 0.1) is 5.41 Å². The van der Waals surface area contributed by atoms with Gasteiger partial charge in [0.15, 0.2) is 0 Å². The molecule has 0 aliphatic heterocycles. The van der Waals surface area contributed by atoms with Crippen molar-refractivity contribution < 1.29 is 5.11 Å². The van der Waals surface area contributed by atoms with Gasteiger partial charge in [0.2, 0.25) is 0 Å². The van der Waals surface area contributed by atoms with Gasteiger partial charge in [-0.25, -0.2) is 0 Å². The number of hydrogen-bond donors (Lipinski definition) is 1. The van der Waals surface area contributed by atoms with Crippen molar-refractivity contribution in [3.63, 3.8) is 0 Å². The Balaban J connectivity index is 3.98. The van der Waals surface area contributed by atoms with Gasteiger partial charge in [-0.3, -0.25) is 0 Å². The number of aliphatic hydroxyl groups is 1. The van der Waals surface area contributed by atoms with E-state index in [2.05, 4.69) is 33.8 Å². The molecule has 0 saturated carbocycles. The van der Waals surface area contributed by atoms with E-state index in [-0.39, 0.29) is 12.0 Å². The Labute approximate surface area is 63.8 Å². The fraction of sp³-hybridized carbons (Fsp3) is 0.778. The van der Waals surface area contributed by atoms with Crippen molar-refractivity contribution >= 4 is 0 Å². The number of rotatable bonds is 3. The minimum Gasteiger partial charge on any atom is -0.396 e. The number of hydrogen-bond acceptors (Lipinski definition) is 1. The normalized spacial score (nSPS) is 11.3. The summed E-state index contributed by atoms with van der Waals surface area (Å²) in [6, 6.07) is 0. The maximum absolute atomic E-state index is 8.69. The molecule has 0 aromatic heterocycles. The van der Waals surface area contributed by atoms with E-state index < -0.39 is 0 Å². The lowest BCUT2D eigenvalue weighted by Crippen LogP contribution is -2.09. The van der Waals surface area contributed by atoms with E-state index in [0.717, 1.165) is 6.42 Å². The molecule has 0 amide bonds. The standard InChI is InChI=1S/C9H18O/c1-8(2)7-9(3,4)5-6-10/h7,10H,5-6H2,1-4H3. The average molecular weight is 142 g/mol. The second kappa shape index (κ2) is 3.77. The molecule has 0 spiro atoms. The van der Waals surface area contributed by atoms with Gasteiger partial charge in [0, 0.05) is 6.61 Å². The quantitative estimate of drug-likeness (QED) is 0.600. The van der Waals surface area contributed by atoms with Gasteiger partial charge >= 0.3 is 0 Å². The Morgan fingerprint density at radius 2 is 1.90 bits per heavy atom. The summed E-state index contributed by atoms with van der Waals surface area (Å²) in [6.07, 6.45) is 3.04. The molecule has 0 rings (SSSR count). The van der Waals surface area contributed by atoms with Crippen LogP contribution in [0.15, 0.2) is 11.6 Å². The molecular formula is C9H18O. The molecule has 1 nitrogen and oxygen atoms in total. The van der Waals surface area contributed by atoms with Gasteiger partial charge in [-0.1, -0.05) is 25.5 Å². The topological polar surface area (TPSA) is 20.2 Å². The molecule has 0 aliphatic rings. The van der Waals surface area contributed by atoms with Crippen molar-refractivity contribution in [3.8, 4) is 0 Å². The van der Waals surface area contributed by atoms with Crippen molar-refractivity contribution in [2.75, 3.05) is 6.61 Å². The predicted molar refractivity (Wildman–Crippen MR) is 44.9 cm³/mol. The van der Waals surface area contributed by atoms with Gasteiger partial charge in [0.25, 0.3) is 0 Å². The van der Waals surface area contributed by atoms with Crippen molar-refractivity contribution in [3.05, 3.63) is 11.6 Å². The van der Waals surface area contributed by atoms with Crippen LogP contribution in [0.2, 0.25) is 0 Å². The number of allylic oxidation sites excluding steroid dienone is 2. The average Bonchev–Trinajstić information content (AvgIpc) is 1.59. The summed E-state index contributed by atoms with van der Waals surface area (Å²) < 4.78 is 0. The van der Waals surface area contributed by atoms with Crippen LogP contribution in [0.4, 0.5) is 0 Å². The molecule has 10 heavy (non-hydrogen) atoms. The summed E-state index contributed by atoms with van der Waals surface area (Å²) in [7, 11) is 0. The molecule has 1 N–H and O–H groups in total. The van der Waals surface area contributed by atoms with Gasteiger partial charge in [0.05, 0.1) is 0 Å². The molecule has 0 atom stereocenters. The van der Waals surface area contributed by atoms with Crippen molar-refractivity contribution in [2.24, 2.45) is 5.41 Å². The third-order valence-corrected chi connectivity index (χ3v) is 1.44. The van der Waals surface area contributed by atoms with Crippen LogP contribution < -0.4 is 0 Å². The van der Waals surface area contributed by atoms with E-state index in [1.165, 1.54) is 5.57 Å². The van der Waals surface area contributed by atoms with Crippen molar-refractivity contribution in [2.45, 2.75) is 34.1 Å². The molecule has 0 saturated heterocycles. The van der Waals surface area contributed by atoms with Gasteiger partial charge in [-0.15, -0.1) is 0 Å². The van der Waals surface area contributed by atoms with Crippen LogP contribution in [0.25, 0.3) is 0 Å². The molecule has 1 heteroatoms. The van der Waals surface area contributed by atoms with Crippen LogP contribution in [-0.4, -0.2) is 11.7 Å². The molecule has 0 aromatic carbocycles. The Morgan fingerprint density at radius 1 is 1.40 bits per heavy atom. The molecule has 0 fully saturated rings. The molecule has 0 bridgehead atoms. The summed E-state index contributed by atoms with van der Waals surface area (Å²) in [5, 5.41) is 8.69. The van der Waals surface area contributed by atoms with Crippen LogP contribution in [0.5, 0.6) is 0 Å². The molecule has 0 unspecified atom stereocenters. The fourth-order valence-electron chi connectivity index (χ4n) is 1.14. The van der Waals surface area contributed by atoms with Crippen LogP contribution in [0.3, 0.4) is 0 Å². The van der Waals surface area contributed by atoms with E-state index in [0.29, 0.717) is 0 Å². The molecular weight excluding hydrogens is 124 g/mol. The minimum absolute atomic E-state index is 0.160. The molecule has 0 aliphatic carbocycles. The first kappa shape index (κ1) is 9.70. The number of aliphatic hydroxyl groups excluding tert-OH is 1. The Bertz CT molecular complexity index is 119. The predicted octanol–water partition coefficient (Wildman–Crippen LogP) is 2.36. The molecule has 60 valence electrons. The summed E-state index contributed by atoms with van der Waals surface area (Å²) in [6.45, 7) is 8.71. The van der Waals surface area contributed by atoms with E-state index in [1.807, 2.05) is 0 Å². The maximum atomic E-state index is 8.69. The SMILES string of the molecule is CC(C)=CC(C)(C)CCO. The first-order valence-electron chi connectivity index (χ1n) is 3.75. The van der Waals surface area contributed by atoms with E-state index in [1.54, 1.807) is 0 Å². The zero-order valence-corrected chi connectivity index (χ0v) is 7.44. The Hall–Kier alpha value is -0.300. The Kier molecular flexibility index (Phi) is 3.66. The first-order chi connectivity index (χ1) is 4.48. The highest BCUT2D eigenvalue weighted by atomic mass is 16.3. The van der Waals surface area contributed by atoms with E-state index in [4.69, 9.17) is 5.11 Å². The molecule has 0 heterocycles. The lowest BCUT2D eigenvalue weighted by Gasteiger charge is -2.19. The largest absolute Gasteiger partial charge is 0.396 e. The van der Waals surface area contributed by atoms with Crippen LogP contribution in [0.1, 0.15) is 34.1 Å². The highest BCUT2D eigenvalue weighted by molar-refractivity contribution is 5.01.